The Balaban J connectivity index is 1.29. The van der Waals surface area contributed by atoms with Gasteiger partial charge in [0.05, 0.1) is 18.8 Å². The van der Waals surface area contributed by atoms with Gasteiger partial charge in [-0.25, -0.2) is 13.2 Å². The summed E-state index contributed by atoms with van der Waals surface area (Å²) in [7, 11) is 1.60. The van der Waals surface area contributed by atoms with Crippen molar-refractivity contribution in [2.75, 3.05) is 13.7 Å². The van der Waals surface area contributed by atoms with Gasteiger partial charge in [0, 0.05) is 13.0 Å². The smallest absolute Gasteiger partial charge is 0.162 e. The fourth-order valence-corrected chi connectivity index (χ4v) is 6.13. The molecule has 0 N–H and O–H groups in total. The van der Waals surface area contributed by atoms with Gasteiger partial charge in [0.2, 0.25) is 0 Å². The minimum absolute atomic E-state index is 0.0259. The molecule has 1 aromatic carbocycles. The van der Waals surface area contributed by atoms with Crippen molar-refractivity contribution in [3.05, 3.63) is 46.8 Å². The van der Waals surface area contributed by atoms with E-state index >= 15 is 8.78 Å². The van der Waals surface area contributed by atoms with Crippen molar-refractivity contribution in [1.29, 1.82) is 0 Å². The van der Waals surface area contributed by atoms with Crippen LogP contribution >= 0.6 is 0 Å². The second-order valence-corrected chi connectivity index (χ2v) is 10.4. The van der Waals surface area contributed by atoms with E-state index in [0.717, 1.165) is 70.1 Å². The second-order valence-electron chi connectivity index (χ2n) is 10.4. The number of hydrogen-bond acceptors (Lipinski definition) is 2. The van der Waals surface area contributed by atoms with Crippen LogP contribution in [0.15, 0.2) is 24.0 Å². The number of ether oxygens (including phenoxy) is 2. The summed E-state index contributed by atoms with van der Waals surface area (Å²) in [4.78, 5) is 0. The van der Waals surface area contributed by atoms with Gasteiger partial charge < -0.3 is 9.47 Å². The Kier molecular flexibility index (Phi) is 8.56. The number of methoxy groups -OCH3 is 1. The molecule has 2 saturated carbocycles. The number of rotatable bonds is 7. The van der Waals surface area contributed by atoms with Crippen molar-refractivity contribution < 1.29 is 22.6 Å². The molecule has 2 nitrogen and oxygen atoms in total. The van der Waals surface area contributed by atoms with Gasteiger partial charge in [-0.2, -0.15) is 0 Å². The van der Waals surface area contributed by atoms with Crippen molar-refractivity contribution in [3.8, 4) is 0 Å². The summed E-state index contributed by atoms with van der Waals surface area (Å²) in [6.07, 6.45) is 11.5. The third-order valence-corrected chi connectivity index (χ3v) is 8.49. The summed E-state index contributed by atoms with van der Waals surface area (Å²) in [6.45, 7) is 2.59. The van der Waals surface area contributed by atoms with Crippen molar-refractivity contribution in [2.45, 2.75) is 102 Å². The molecule has 0 amide bonds. The third kappa shape index (κ3) is 5.85. The Morgan fingerprint density at radius 3 is 1.88 bits per heavy atom. The van der Waals surface area contributed by atoms with Crippen molar-refractivity contribution in [1.82, 2.24) is 0 Å². The van der Waals surface area contributed by atoms with E-state index in [1.54, 1.807) is 13.2 Å². The molecule has 2 fully saturated rings. The SMILES string of the molecule is CCC1CCC(c2ccc(C3CCC(OCC4CCC(OC)C=C4F)CC3)c(F)c2F)CC1. The molecule has 0 aromatic heterocycles. The summed E-state index contributed by atoms with van der Waals surface area (Å²) in [5, 5.41) is 0. The summed E-state index contributed by atoms with van der Waals surface area (Å²) in [5.74, 6) is -0.690. The molecule has 33 heavy (non-hydrogen) atoms. The fourth-order valence-electron chi connectivity index (χ4n) is 6.13. The topological polar surface area (TPSA) is 18.5 Å². The van der Waals surface area contributed by atoms with E-state index in [1.165, 1.54) is 6.42 Å². The maximum Gasteiger partial charge on any atom is 0.162 e. The van der Waals surface area contributed by atoms with E-state index in [0.29, 0.717) is 17.7 Å². The monoisotopic (exact) mass is 464 g/mol. The predicted molar refractivity (Wildman–Crippen MR) is 125 cm³/mol. The van der Waals surface area contributed by atoms with E-state index in [-0.39, 0.29) is 35.8 Å². The first-order chi connectivity index (χ1) is 16.0. The lowest BCUT2D eigenvalue weighted by Crippen LogP contribution is -2.26. The fraction of sp³-hybridized carbons (Fsp3) is 0.714. The predicted octanol–water partition coefficient (Wildman–Crippen LogP) is 7.97. The average molecular weight is 465 g/mol. The summed E-state index contributed by atoms with van der Waals surface area (Å²) in [6, 6.07) is 3.68. The molecule has 2 atom stereocenters. The Bertz CT molecular complexity index is 808. The van der Waals surface area contributed by atoms with Crippen LogP contribution in [-0.4, -0.2) is 25.9 Å². The van der Waals surface area contributed by atoms with Crippen molar-refractivity contribution >= 4 is 0 Å². The van der Waals surface area contributed by atoms with Crippen LogP contribution in [0.5, 0.6) is 0 Å². The van der Waals surface area contributed by atoms with E-state index in [9.17, 15) is 4.39 Å². The summed E-state index contributed by atoms with van der Waals surface area (Å²) < 4.78 is 55.6. The highest BCUT2D eigenvalue weighted by molar-refractivity contribution is 5.32. The lowest BCUT2D eigenvalue weighted by Gasteiger charge is -2.32. The van der Waals surface area contributed by atoms with Crippen LogP contribution in [-0.2, 0) is 9.47 Å². The first kappa shape index (κ1) is 24.8. The van der Waals surface area contributed by atoms with Gasteiger partial charge in [0.15, 0.2) is 11.6 Å². The molecule has 1 aromatic rings. The normalized spacial score (nSPS) is 33.1. The summed E-state index contributed by atoms with van der Waals surface area (Å²) in [5.41, 5.74) is 1.09. The molecule has 0 bridgehead atoms. The van der Waals surface area contributed by atoms with E-state index in [2.05, 4.69) is 6.92 Å². The molecular weight excluding hydrogens is 425 g/mol. The van der Waals surface area contributed by atoms with E-state index in [4.69, 9.17) is 9.47 Å². The van der Waals surface area contributed by atoms with Gasteiger partial charge in [0.1, 0.15) is 5.83 Å². The molecule has 2 unspecified atom stereocenters. The zero-order chi connectivity index (χ0) is 23.4. The van der Waals surface area contributed by atoms with Gasteiger partial charge in [-0.3, -0.25) is 0 Å². The van der Waals surface area contributed by atoms with Crippen molar-refractivity contribution in [3.63, 3.8) is 0 Å². The Morgan fingerprint density at radius 2 is 1.36 bits per heavy atom. The molecular formula is C28H39F3O2. The quantitative estimate of drug-likeness (QED) is 0.407. The molecule has 0 heterocycles. The van der Waals surface area contributed by atoms with Crippen LogP contribution in [0.4, 0.5) is 13.2 Å². The summed E-state index contributed by atoms with van der Waals surface area (Å²) >= 11 is 0. The molecule has 3 aliphatic rings. The maximum atomic E-state index is 15.1. The highest BCUT2D eigenvalue weighted by Crippen LogP contribution is 2.41. The molecule has 0 radical (unpaired) electrons. The zero-order valence-corrected chi connectivity index (χ0v) is 20.1. The van der Waals surface area contributed by atoms with Gasteiger partial charge in [-0.1, -0.05) is 25.5 Å². The molecule has 5 heteroatoms. The number of halogens is 3. The Hall–Kier alpha value is -1.33. The van der Waals surface area contributed by atoms with Crippen molar-refractivity contribution in [2.24, 2.45) is 11.8 Å². The molecule has 0 saturated heterocycles. The molecule has 0 spiro atoms. The van der Waals surface area contributed by atoms with E-state index < -0.39 is 11.6 Å². The van der Waals surface area contributed by atoms with Gasteiger partial charge in [-0.05, 0) is 99.2 Å². The molecule has 4 rings (SSSR count). The first-order valence-corrected chi connectivity index (χ1v) is 13.0. The van der Waals surface area contributed by atoms with Gasteiger partial charge in [0.25, 0.3) is 0 Å². The first-order valence-electron chi connectivity index (χ1n) is 13.0. The standard InChI is InChI=1S/C28H39F3O2/c1-3-18-4-6-19(7-5-18)24-14-15-25(28(31)27(24)30)20-8-11-22(12-9-20)33-17-21-10-13-23(32-2)16-26(21)29/h14-16,18-23H,3-13,17H2,1-2H3. The zero-order valence-electron chi connectivity index (χ0n) is 20.1. The molecule has 184 valence electrons. The second kappa shape index (κ2) is 11.4. The van der Waals surface area contributed by atoms with E-state index in [1.807, 2.05) is 12.1 Å². The van der Waals surface area contributed by atoms with Crippen LogP contribution in [0.1, 0.15) is 101 Å². The van der Waals surface area contributed by atoms with Gasteiger partial charge in [-0.15, -0.1) is 0 Å². The third-order valence-electron chi connectivity index (χ3n) is 8.49. The average Bonchev–Trinajstić information content (AvgIpc) is 2.85. The lowest BCUT2D eigenvalue weighted by molar-refractivity contribution is 0.000157. The maximum absolute atomic E-state index is 15.1. The van der Waals surface area contributed by atoms with Crippen LogP contribution in [0.3, 0.4) is 0 Å². The van der Waals surface area contributed by atoms with Crippen LogP contribution in [0, 0.1) is 23.5 Å². The molecule has 3 aliphatic carbocycles. The number of benzene rings is 1. The minimum atomic E-state index is -0.642. The Morgan fingerprint density at radius 1 is 0.788 bits per heavy atom. The van der Waals surface area contributed by atoms with Crippen LogP contribution < -0.4 is 0 Å². The highest BCUT2D eigenvalue weighted by Gasteiger charge is 2.30. The Labute approximate surface area is 196 Å². The molecule has 0 aliphatic heterocycles. The lowest BCUT2D eigenvalue weighted by atomic mass is 9.76. The van der Waals surface area contributed by atoms with Crippen LogP contribution in [0.2, 0.25) is 0 Å². The number of hydrogen-bond donors (Lipinski definition) is 0. The van der Waals surface area contributed by atoms with Gasteiger partial charge >= 0.3 is 0 Å². The largest absolute Gasteiger partial charge is 0.377 e. The van der Waals surface area contributed by atoms with Crippen LogP contribution in [0.25, 0.3) is 0 Å². The highest BCUT2D eigenvalue weighted by atomic mass is 19.2. The minimum Gasteiger partial charge on any atom is -0.377 e.